The van der Waals surface area contributed by atoms with Crippen molar-refractivity contribution in [1.29, 1.82) is 0 Å². The molecule has 0 fully saturated rings. The first kappa shape index (κ1) is 11.9. The lowest BCUT2D eigenvalue weighted by Gasteiger charge is -2.02. The molecule has 1 N–H and O–H groups in total. The van der Waals surface area contributed by atoms with Gasteiger partial charge in [0, 0.05) is 6.54 Å². The van der Waals surface area contributed by atoms with Gasteiger partial charge in [-0.2, -0.15) is 13.9 Å². The highest BCUT2D eigenvalue weighted by Gasteiger charge is 2.10. The molecule has 0 saturated heterocycles. The minimum absolute atomic E-state index is 0.617. The Morgan fingerprint density at radius 3 is 2.73 bits per heavy atom. The standard InChI is InChI=1S/C10H17F2N3/c1-3-4-5-6-13-9-7-15(10(11)12)14-8(9)2/h7,10,13H,3-6H2,1-2H3. The molecule has 0 spiro atoms. The molecule has 0 amide bonds. The second-order valence-corrected chi connectivity index (χ2v) is 3.52. The molecule has 3 nitrogen and oxygen atoms in total. The summed E-state index contributed by atoms with van der Waals surface area (Å²) in [6.45, 7) is 2.10. The summed E-state index contributed by atoms with van der Waals surface area (Å²) >= 11 is 0. The van der Waals surface area contributed by atoms with Gasteiger partial charge < -0.3 is 5.32 Å². The van der Waals surface area contributed by atoms with Gasteiger partial charge >= 0.3 is 6.55 Å². The Morgan fingerprint density at radius 2 is 2.20 bits per heavy atom. The van der Waals surface area contributed by atoms with Crippen LogP contribution in [0.25, 0.3) is 0 Å². The number of hydrogen-bond acceptors (Lipinski definition) is 2. The molecule has 86 valence electrons. The van der Waals surface area contributed by atoms with Gasteiger partial charge in [0.25, 0.3) is 0 Å². The summed E-state index contributed by atoms with van der Waals surface area (Å²) in [6, 6.07) is 0. The molecular formula is C10H17F2N3. The first-order valence-corrected chi connectivity index (χ1v) is 5.23. The quantitative estimate of drug-likeness (QED) is 0.741. The maximum Gasteiger partial charge on any atom is 0.333 e. The van der Waals surface area contributed by atoms with Gasteiger partial charge in [0.2, 0.25) is 0 Å². The highest BCUT2D eigenvalue weighted by atomic mass is 19.3. The van der Waals surface area contributed by atoms with Gasteiger partial charge in [0.1, 0.15) is 0 Å². The van der Waals surface area contributed by atoms with Crippen LogP contribution in [0, 0.1) is 6.92 Å². The summed E-state index contributed by atoms with van der Waals surface area (Å²) in [6.07, 6.45) is 4.70. The van der Waals surface area contributed by atoms with Crippen LogP contribution in [0.4, 0.5) is 14.5 Å². The van der Waals surface area contributed by atoms with E-state index >= 15 is 0 Å². The molecule has 0 aliphatic heterocycles. The monoisotopic (exact) mass is 217 g/mol. The molecule has 1 aromatic heterocycles. The predicted molar refractivity (Wildman–Crippen MR) is 56.2 cm³/mol. The van der Waals surface area contributed by atoms with Crippen LogP contribution >= 0.6 is 0 Å². The molecule has 0 unspecified atom stereocenters. The zero-order valence-electron chi connectivity index (χ0n) is 9.13. The lowest BCUT2D eigenvalue weighted by Crippen LogP contribution is -2.01. The number of halogens is 2. The Kier molecular flexibility index (Phi) is 4.52. The van der Waals surface area contributed by atoms with Crippen LogP contribution in [0.15, 0.2) is 6.20 Å². The van der Waals surface area contributed by atoms with Gasteiger partial charge in [-0.15, -0.1) is 0 Å². The zero-order chi connectivity index (χ0) is 11.3. The molecule has 0 saturated carbocycles. The number of nitrogens with one attached hydrogen (secondary N) is 1. The average molecular weight is 217 g/mol. The Labute approximate surface area is 88.5 Å². The van der Waals surface area contributed by atoms with E-state index in [-0.39, 0.29) is 0 Å². The van der Waals surface area contributed by atoms with Crippen LogP contribution in [0.5, 0.6) is 0 Å². The average Bonchev–Trinajstić information content (AvgIpc) is 2.55. The van der Waals surface area contributed by atoms with E-state index in [0.29, 0.717) is 16.1 Å². The molecule has 0 aliphatic rings. The van der Waals surface area contributed by atoms with E-state index in [2.05, 4.69) is 17.3 Å². The maximum atomic E-state index is 12.3. The number of nitrogens with zero attached hydrogens (tertiary/aromatic N) is 2. The minimum atomic E-state index is -2.56. The minimum Gasteiger partial charge on any atom is -0.382 e. The third-order valence-electron chi connectivity index (χ3n) is 2.21. The molecule has 1 rings (SSSR count). The Balaban J connectivity index is 2.46. The summed E-state index contributed by atoms with van der Waals surface area (Å²) in [5.41, 5.74) is 1.32. The van der Waals surface area contributed by atoms with Crippen molar-refractivity contribution in [1.82, 2.24) is 9.78 Å². The summed E-state index contributed by atoms with van der Waals surface area (Å²) in [7, 11) is 0. The maximum absolute atomic E-state index is 12.3. The van der Waals surface area contributed by atoms with Crippen molar-refractivity contribution >= 4 is 5.69 Å². The fraction of sp³-hybridized carbons (Fsp3) is 0.700. The highest BCUT2D eigenvalue weighted by molar-refractivity contribution is 5.45. The van der Waals surface area contributed by atoms with E-state index in [4.69, 9.17) is 0 Å². The Morgan fingerprint density at radius 1 is 1.47 bits per heavy atom. The van der Waals surface area contributed by atoms with Crippen molar-refractivity contribution < 1.29 is 8.78 Å². The first-order chi connectivity index (χ1) is 7.15. The fourth-order valence-corrected chi connectivity index (χ4v) is 1.35. The van der Waals surface area contributed by atoms with Crippen LogP contribution in [0.3, 0.4) is 0 Å². The highest BCUT2D eigenvalue weighted by Crippen LogP contribution is 2.17. The molecule has 0 atom stereocenters. The number of rotatable bonds is 6. The van der Waals surface area contributed by atoms with Crippen molar-refractivity contribution in [3.05, 3.63) is 11.9 Å². The number of aromatic nitrogens is 2. The SMILES string of the molecule is CCCCCNc1cn(C(F)F)nc1C. The van der Waals surface area contributed by atoms with Crippen molar-refractivity contribution in [2.75, 3.05) is 11.9 Å². The summed E-state index contributed by atoms with van der Waals surface area (Å²) < 4.78 is 25.2. The fourth-order valence-electron chi connectivity index (χ4n) is 1.35. The molecule has 0 radical (unpaired) electrons. The van der Waals surface area contributed by atoms with E-state index in [0.717, 1.165) is 25.8 Å². The van der Waals surface area contributed by atoms with E-state index in [1.807, 2.05) is 0 Å². The topological polar surface area (TPSA) is 29.9 Å². The van der Waals surface area contributed by atoms with E-state index < -0.39 is 6.55 Å². The van der Waals surface area contributed by atoms with Crippen LogP contribution in [-0.4, -0.2) is 16.3 Å². The summed E-state index contributed by atoms with van der Waals surface area (Å²) in [4.78, 5) is 0. The summed E-state index contributed by atoms with van der Waals surface area (Å²) in [5.74, 6) is 0. The lowest BCUT2D eigenvalue weighted by molar-refractivity contribution is 0.0563. The second kappa shape index (κ2) is 5.68. The van der Waals surface area contributed by atoms with Crippen molar-refractivity contribution in [2.24, 2.45) is 0 Å². The van der Waals surface area contributed by atoms with Gasteiger partial charge in [-0.25, -0.2) is 4.68 Å². The van der Waals surface area contributed by atoms with Gasteiger partial charge in [-0.3, -0.25) is 0 Å². The molecule has 0 aliphatic carbocycles. The number of alkyl halides is 2. The second-order valence-electron chi connectivity index (χ2n) is 3.52. The molecule has 1 aromatic rings. The van der Waals surface area contributed by atoms with Gasteiger partial charge in [-0.1, -0.05) is 19.8 Å². The van der Waals surface area contributed by atoms with Crippen molar-refractivity contribution in [3.8, 4) is 0 Å². The molecule has 0 aromatic carbocycles. The normalized spacial score (nSPS) is 11.0. The van der Waals surface area contributed by atoms with Crippen LogP contribution in [0.1, 0.15) is 38.4 Å². The Bertz CT molecular complexity index is 297. The summed E-state index contributed by atoms with van der Waals surface area (Å²) in [5, 5.41) is 6.82. The predicted octanol–water partition coefficient (Wildman–Crippen LogP) is 3.19. The molecule has 1 heterocycles. The molecule has 15 heavy (non-hydrogen) atoms. The number of hydrogen-bond donors (Lipinski definition) is 1. The number of anilines is 1. The largest absolute Gasteiger partial charge is 0.382 e. The molecule has 5 heteroatoms. The van der Waals surface area contributed by atoms with Gasteiger partial charge in [-0.05, 0) is 13.3 Å². The lowest BCUT2D eigenvalue weighted by atomic mass is 10.2. The van der Waals surface area contributed by atoms with Gasteiger partial charge in [0.15, 0.2) is 0 Å². The smallest absolute Gasteiger partial charge is 0.333 e. The molecule has 0 bridgehead atoms. The van der Waals surface area contributed by atoms with Crippen molar-refractivity contribution in [3.63, 3.8) is 0 Å². The Hall–Kier alpha value is -1.13. The number of unbranched alkanes of at least 4 members (excludes halogenated alkanes) is 2. The van der Waals surface area contributed by atoms with E-state index in [9.17, 15) is 8.78 Å². The third kappa shape index (κ3) is 3.49. The van der Waals surface area contributed by atoms with E-state index in [1.54, 1.807) is 6.92 Å². The van der Waals surface area contributed by atoms with E-state index in [1.165, 1.54) is 6.20 Å². The van der Waals surface area contributed by atoms with Crippen LogP contribution in [0.2, 0.25) is 0 Å². The van der Waals surface area contributed by atoms with Crippen molar-refractivity contribution in [2.45, 2.75) is 39.7 Å². The first-order valence-electron chi connectivity index (χ1n) is 5.23. The molecular weight excluding hydrogens is 200 g/mol. The van der Waals surface area contributed by atoms with Crippen LogP contribution < -0.4 is 5.32 Å². The van der Waals surface area contributed by atoms with Gasteiger partial charge in [0.05, 0.1) is 17.6 Å². The van der Waals surface area contributed by atoms with Crippen LogP contribution in [-0.2, 0) is 0 Å². The number of aryl methyl sites for hydroxylation is 1. The third-order valence-corrected chi connectivity index (χ3v) is 2.21. The zero-order valence-corrected chi connectivity index (χ0v) is 9.13.